The van der Waals surface area contributed by atoms with Crippen LogP contribution in [0, 0.1) is 0 Å². The SMILES string of the molecule is C1=CC(N(c2ccccc2)c2cc3ccccc3c3c2sc2c(N(c4ccccc4)c4ccccc4)cc4ccccc4c23)=CCC1.CC. The normalized spacial score (nSPS) is 12.6. The summed E-state index contributed by atoms with van der Waals surface area (Å²) >= 11 is 1.91. The molecule has 0 saturated carbocycles. The molecular formula is C46H38N2S. The van der Waals surface area contributed by atoms with Gasteiger partial charge in [0.05, 0.1) is 20.8 Å². The van der Waals surface area contributed by atoms with Crippen LogP contribution < -0.4 is 9.80 Å². The van der Waals surface area contributed by atoms with Crippen molar-refractivity contribution < 1.29 is 0 Å². The molecule has 2 nitrogen and oxygen atoms in total. The quantitative estimate of drug-likeness (QED) is 0.177. The first-order valence-electron chi connectivity index (χ1n) is 17.3. The number of nitrogens with zero attached hydrogens (tertiary/aromatic N) is 2. The molecule has 1 heterocycles. The molecule has 0 radical (unpaired) electrons. The molecule has 1 aliphatic carbocycles. The zero-order valence-corrected chi connectivity index (χ0v) is 28.7. The fourth-order valence-corrected chi connectivity index (χ4v) is 8.46. The van der Waals surface area contributed by atoms with Crippen LogP contribution in [0.1, 0.15) is 26.7 Å². The van der Waals surface area contributed by atoms with Gasteiger partial charge in [-0.25, -0.2) is 0 Å². The molecule has 0 bridgehead atoms. The van der Waals surface area contributed by atoms with Crippen molar-refractivity contribution in [3.63, 3.8) is 0 Å². The Morgan fingerprint density at radius 1 is 0.469 bits per heavy atom. The first kappa shape index (κ1) is 30.7. The van der Waals surface area contributed by atoms with Crippen LogP contribution in [0.15, 0.2) is 176 Å². The summed E-state index contributed by atoms with van der Waals surface area (Å²) in [6, 6.07) is 55.0. The van der Waals surface area contributed by atoms with Gasteiger partial charge in [-0.2, -0.15) is 0 Å². The van der Waals surface area contributed by atoms with Crippen molar-refractivity contribution in [2.24, 2.45) is 0 Å². The molecule has 9 rings (SSSR count). The molecule has 0 saturated heterocycles. The second-order valence-corrected chi connectivity index (χ2v) is 13.1. The molecule has 0 atom stereocenters. The van der Waals surface area contributed by atoms with Crippen molar-refractivity contribution >= 4 is 81.5 Å². The minimum atomic E-state index is 1.04. The number of rotatable bonds is 6. The number of hydrogen-bond acceptors (Lipinski definition) is 3. The lowest BCUT2D eigenvalue weighted by Crippen LogP contribution is -2.16. The monoisotopic (exact) mass is 650 g/mol. The van der Waals surface area contributed by atoms with Crippen molar-refractivity contribution in [1.82, 2.24) is 0 Å². The third-order valence-corrected chi connectivity index (χ3v) is 10.4. The van der Waals surface area contributed by atoms with E-state index in [4.69, 9.17) is 0 Å². The van der Waals surface area contributed by atoms with Crippen LogP contribution in [0.4, 0.5) is 28.4 Å². The minimum absolute atomic E-state index is 1.04. The van der Waals surface area contributed by atoms with E-state index in [1.807, 2.05) is 25.2 Å². The summed E-state index contributed by atoms with van der Waals surface area (Å²) in [4.78, 5) is 4.89. The Bertz CT molecular complexity index is 2420. The first-order chi connectivity index (χ1) is 24.3. The molecule has 0 unspecified atom stereocenters. The molecular weight excluding hydrogens is 613 g/mol. The Morgan fingerprint density at radius 3 is 1.37 bits per heavy atom. The molecule has 0 spiro atoms. The number of allylic oxidation sites excluding steroid dienone is 3. The standard InChI is InChI=1S/C44H32N2S.C2H6/c1-5-19-33(20-6-1)45(34-21-7-2-8-22-34)39-29-31-17-13-15-27-37(31)41-42-38-28-16-14-18-32(38)30-40(44(42)47-43(39)41)46(35-23-9-3-10-24-35)36-25-11-4-12-26-36;1-2/h1-3,5-11,13-30H,4,12H2;1-2H3. The van der Waals surface area contributed by atoms with Gasteiger partial charge in [-0.3, -0.25) is 0 Å². The molecule has 49 heavy (non-hydrogen) atoms. The van der Waals surface area contributed by atoms with Crippen LogP contribution in [-0.2, 0) is 0 Å². The number of thiophene rings is 1. The molecule has 3 heteroatoms. The fourth-order valence-electron chi connectivity index (χ4n) is 7.12. The maximum atomic E-state index is 2.47. The predicted octanol–water partition coefficient (Wildman–Crippen LogP) is 14.2. The molecule has 0 N–H and O–H groups in total. The lowest BCUT2D eigenvalue weighted by molar-refractivity contribution is 0.998. The fraction of sp³-hybridized carbons (Fsp3) is 0.0870. The first-order valence-corrected chi connectivity index (χ1v) is 18.1. The van der Waals surface area contributed by atoms with Gasteiger partial charge in [0.25, 0.3) is 0 Å². The topological polar surface area (TPSA) is 6.48 Å². The molecule has 1 aliphatic rings. The number of para-hydroxylation sites is 3. The van der Waals surface area contributed by atoms with Gasteiger partial charge < -0.3 is 9.80 Å². The van der Waals surface area contributed by atoms with Crippen LogP contribution in [0.2, 0.25) is 0 Å². The third kappa shape index (κ3) is 5.47. The Labute approximate surface area is 292 Å². The lowest BCUT2D eigenvalue weighted by Gasteiger charge is -2.28. The van der Waals surface area contributed by atoms with E-state index < -0.39 is 0 Å². The van der Waals surface area contributed by atoms with Crippen LogP contribution in [0.3, 0.4) is 0 Å². The number of fused-ring (bicyclic) bond motifs is 7. The Balaban J connectivity index is 0.00000171. The molecule has 238 valence electrons. The average Bonchev–Trinajstić information content (AvgIpc) is 3.60. The van der Waals surface area contributed by atoms with Gasteiger partial charge in [-0.15, -0.1) is 11.3 Å². The Hall–Kier alpha value is -5.64. The smallest absolute Gasteiger partial charge is 0.0646 e. The van der Waals surface area contributed by atoms with Crippen molar-refractivity contribution in [1.29, 1.82) is 0 Å². The molecule has 8 aromatic rings. The van der Waals surface area contributed by atoms with Crippen molar-refractivity contribution in [2.75, 3.05) is 9.80 Å². The number of hydrogen-bond donors (Lipinski definition) is 0. The largest absolute Gasteiger partial charge is 0.309 e. The average molecular weight is 651 g/mol. The second-order valence-electron chi connectivity index (χ2n) is 12.0. The van der Waals surface area contributed by atoms with Crippen molar-refractivity contribution in [3.8, 4) is 0 Å². The van der Waals surface area contributed by atoms with Crippen LogP contribution in [-0.4, -0.2) is 0 Å². The summed E-state index contributed by atoms with van der Waals surface area (Å²) in [7, 11) is 0. The van der Waals surface area contributed by atoms with Crippen LogP contribution in [0.5, 0.6) is 0 Å². The van der Waals surface area contributed by atoms with E-state index in [0.717, 1.165) is 24.2 Å². The van der Waals surface area contributed by atoms with Crippen molar-refractivity contribution in [2.45, 2.75) is 26.7 Å². The van der Waals surface area contributed by atoms with Crippen LogP contribution in [0.25, 0.3) is 41.7 Å². The van der Waals surface area contributed by atoms with Gasteiger partial charge in [0.1, 0.15) is 0 Å². The van der Waals surface area contributed by atoms with Crippen molar-refractivity contribution in [3.05, 3.63) is 176 Å². The Kier molecular flexibility index (Phi) is 8.43. The molecule has 0 aliphatic heterocycles. The highest BCUT2D eigenvalue weighted by atomic mass is 32.1. The van der Waals surface area contributed by atoms with Gasteiger partial charge in [0, 0.05) is 33.5 Å². The lowest BCUT2D eigenvalue weighted by atomic mass is 9.97. The van der Waals surface area contributed by atoms with Gasteiger partial charge >= 0.3 is 0 Å². The minimum Gasteiger partial charge on any atom is -0.309 e. The highest BCUT2D eigenvalue weighted by Gasteiger charge is 2.25. The van der Waals surface area contributed by atoms with E-state index in [9.17, 15) is 0 Å². The Morgan fingerprint density at radius 2 is 0.898 bits per heavy atom. The molecule has 7 aromatic carbocycles. The second kappa shape index (κ2) is 13.5. The third-order valence-electron chi connectivity index (χ3n) is 9.18. The summed E-state index contributed by atoms with van der Waals surface area (Å²) in [5, 5.41) is 7.68. The van der Waals surface area contributed by atoms with E-state index in [-0.39, 0.29) is 0 Å². The number of anilines is 5. The highest BCUT2D eigenvalue weighted by molar-refractivity contribution is 7.27. The van der Waals surface area contributed by atoms with Gasteiger partial charge in [0.15, 0.2) is 0 Å². The zero-order chi connectivity index (χ0) is 33.2. The van der Waals surface area contributed by atoms with Gasteiger partial charge in [-0.1, -0.05) is 129 Å². The summed E-state index contributed by atoms with van der Waals surface area (Å²) in [6.45, 7) is 4.00. The van der Waals surface area contributed by atoms with E-state index in [0.29, 0.717) is 0 Å². The maximum absolute atomic E-state index is 2.47. The predicted molar refractivity (Wildman–Crippen MR) is 215 cm³/mol. The zero-order valence-electron chi connectivity index (χ0n) is 27.9. The van der Waals surface area contributed by atoms with Gasteiger partial charge in [-0.05, 0) is 89.0 Å². The summed E-state index contributed by atoms with van der Waals surface area (Å²) < 4.78 is 2.58. The van der Waals surface area contributed by atoms with E-state index >= 15 is 0 Å². The van der Waals surface area contributed by atoms with E-state index in [2.05, 4.69) is 180 Å². The molecule has 0 fully saturated rings. The maximum Gasteiger partial charge on any atom is 0.0646 e. The van der Waals surface area contributed by atoms with E-state index in [1.54, 1.807) is 0 Å². The van der Waals surface area contributed by atoms with Crippen LogP contribution >= 0.6 is 11.3 Å². The van der Waals surface area contributed by atoms with E-state index in [1.165, 1.54) is 64.5 Å². The summed E-state index contributed by atoms with van der Waals surface area (Å²) in [5.74, 6) is 0. The molecule has 1 aromatic heterocycles. The highest BCUT2D eigenvalue weighted by Crippen LogP contribution is 2.53. The summed E-state index contributed by atoms with van der Waals surface area (Å²) in [5.41, 5.74) is 7.07. The molecule has 0 amide bonds. The van der Waals surface area contributed by atoms with Gasteiger partial charge in [0.2, 0.25) is 0 Å². The summed E-state index contributed by atoms with van der Waals surface area (Å²) in [6.07, 6.45) is 9.09. The number of benzene rings is 7.